The lowest BCUT2D eigenvalue weighted by Crippen LogP contribution is -2.24. The van der Waals surface area contributed by atoms with Crippen LogP contribution in [0.4, 0.5) is 5.69 Å². The van der Waals surface area contributed by atoms with Crippen LogP contribution in [-0.4, -0.2) is 30.8 Å². The zero-order valence-electron chi connectivity index (χ0n) is 12.9. The molecule has 1 aromatic carbocycles. The fraction of sp³-hybridized carbons (Fsp3) is 0.267. The number of aryl methyl sites for hydroxylation is 1. The molecule has 0 aliphatic carbocycles. The molecule has 0 fully saturated rings. The minimum atomic E-state index is -3.51. The fourth-order valence-corrected chi connectivity index (χ4v) is 2.88. The molecular formula is C15H18N4O3S. The predicted molar refractivity (Wildman–Crippen MR) is 86.6 cm³/mol. The van der Waals surface area contributed by atoms with Crippen LogP contribution in [0.2, 0.25) is 0 Å². The van der Waals surface area contributed by atoms with E-state index in [1.54, 1.807) is 6.92 Å². The van der Waals surface area contributed by atoms with E-state index in [0.29, 0.717) is 18.7 Å². The highest BCUT2D eigenvalue weighted by Gasteiger charge is 2.13. The van der Waals surface area contributed by atoms with Crippen molar-refractivity contribution in [1.29, 1.82) is 0 Å². The Balaban J connectivity index is 2.08. The number of benzene rings is 1. The standard InChI is InChI=1S/C15H18N4O3S/c1-3-8-18-23(21,22)13-6-4-12(5-7-13)19-15(20)14-10-16-11(2)9-17-14/h4-7,9-10,18H,3,8H2,1-2H3,(H,19,20). The summed E-state index contributed by atoms with van der Waals surface area (Å²) in [5, 5.41) is 2.64. The fourth-order valence-electron chi connectivity index (χ4n) is 1.74. The first-order valence-corrected chi connectivity index (χ1v) is 8.60. The van der Waals surface area contributed by atoms with Crippen molar-refractivity contribution in [2.75, 3.05) is 11.9 Å². The van der Waals surface area contributed by atoms with Gasteiger partial charge in [0.2, 0.25) is 10.0 Å². The molecule has 0 atom stereocenters. The third-order valence-corrected chi connectivity index (χ3v) is 4.46. The number of hydrogen-bond acceptors (Lipinski definition) is 5. The highest BCUT2D eigenvalue weighted by molar-refractivity contribution is 7.89. The molecule has 8 heteroatoms. The van der Waals surface area contributed by atoms with Crippen molar-refractivity contribution in [2.45, 2.75) is 25.2 Å². The summed E-state index contributed by atoms with van der Waals surface area (Å²) < 4.78 is 26.4. The number of carbonyl (C=O) groups excluding carboxylic acids is 1. The summed E-state index contributed by atoms with van der Waals surface area (Å²) >= 11 is 0. The molecule has 7 nitrogen and oxygen atoms in total. The molecule has 122 valence electrons. The lowest BCUT2D eigenvalue weighted by Gasteiger charge is -2.08. The van der Waals surface area contributed by atoms with Gasteiger partial charge in [-0.2, -0.15) is 0 Å². The predicted octanol–water partition coefficient (Wildman–Crippen LogP) is 1.73. The van der Waals surface area contributed by atoms with Gasteiger partial charge >= 0.3 is 0 Å². The number of carbonyl (C=O) groups is 1. The van der Waals surface area contributed by atoms with Crippen LogP contribution in [0.25, 0.3) is 0 Å². The van der Waals surface area contributed by atoms with Gasteiger partial charge < -0.3 is 5.32 Å². The molecular weight excluding hydrogens is 316 g/mol. The van der Waals surface area contributed by atoms with Crippen LogP contribution >= 0.6 is 0 Å². The molecule has 23 heavy (non-hydrogen) atoms. The monoisotopic (exact) mass is 334 g/mol. The van der Waals surface area contributed by atoms with Crippen molar-refractivity contribution < 1.29 is 13.2 Å². The SMILES string of the molecule is CCCNS(=O)(=O)c1ccc(NC(=O)c2cnc(C)cn2)cc1. The Hall–Kier alpha value is -2.32. The van der Waals surface area contributed by atoms with Crippen LogP contribution in [0.3, 0.4) is 0 Å². The highest BCUT2D eigenvalue weighted by Crippen LogP contribution is 2.14. The number of nitrogens with one attached hydrogen (secondary N) is 2. The van der Waals surface area contributed by atoms with Gasteiger partial charge in [-0.05, 0) is 37.6 Å². The number of hydrogen-bond donors (Lipinski definition) is 2. The molecule has 0 saturated carbocycles. The second-order valence-electron chi connectivity index (χ2n) is 4.92. The molecule has 0 radical (unpaired) electrons. The number of nitrogens with zero attached hydrogens (tertiary/aromatic N) is 2. The molecule has 0 aliphatic rings. The number of rotatable bonds is 6. The van der Waals surface area contributed by atoms with E-state index in [4.69, 9.17) is 0 Å². The van der Waals surface area contributed by atoms with Crippen molar-refractivity contribution in [3.05, 3.63) is 48.0 Å². The van der Waals surface area contributed by atoms with Crippen molar-refractivity contribution in [2.24, 2.45) is 0 Å². The van der Waals surface area contributed by atoms with E-state index in [0.717, 1.165) is 5.69 Å². The van der Waals surface area contributed by atoms with Crippen LogP contribution in [0.1, 0.15) is 29.5 Å². The molecule has 0 aliphatic heterocycles. The Morgan fingerprint density at radius 1 is 1.13 bits per heavy atom. The normalized spacial score (nSPS) is 11.2. The Bertz CT molecular complexity index is 771. The van der Waals surface area contributed by atoms with E-state index in [9.17, 15) is 13.2 Å². The minimum absolute atomic E-state index is 0.152. The Labute approximate surface area is 135 Å². The van der Waals surface area contributed by atoms with Crippen molar-refractivity contribution in [1.82, 2.24) is 14.7 Å². The molecule has 0 saturated heterocycles. The van der Waals surface area contributed by atoms with Gasteiger partial charge in [0.05, 0.1) is 16.8 Å². The van der Waals surface area contributed by atoms with E-state index in [1.165, 1.54) is 36.7 Å². The molecule has 1 aromatic heterocycles. The zero-order chi connectivity index (χ0) is 16.9. The second kappa shape index (κ2) is 7.30. The Kier molecular flexibility index (Phi) is 5.41. The summed E-state index contributed by atoms with van der Waals surface area (Å²) in [7, 11) is -3.51. The maximum absolute atomic E-state index is 12.0. The van der Waals surface area contributed by atoms with Crippen LogP contribution in [0.5, 0.6) is 0 Å². The summed E-state index contributed by atoms with van der Waals surface area (Å²) in [6, 6.07) is 5.93. The summed E-state index contributed by atoms with van der Waals surface area (Å²) in [6.07, 6.45) is 3.60. The van der Waals surface area contributed by atoms with E-state index in [2.05, 4.69) is 20.0 Å². The van der Waals surface area contributed by atoms with Gasteiger partial charge in [0.25, 0.3) is 5.91 Å². The Morgan fingerprint density at radius 2 is 1.83 bits per heavy atom. The van der Waals surface area contributed by atoms with E-state index in [-0.39, 0.29) is 10.6 Å². The Morgan fingerprint density at radius 3 is 2.39 bits per heavy atom. The molecule has 0 bridgehead atoms. The molecule has 2 N–H and O–H groups in total. The first kappa shape index (κ1) is 17.0. The third-order valence-electron chi connectivity index (χ3n) is 2.98. The number of anilines is 1. The summed E-state index contributed by atoms with van der Waals surface area (Å²) in [5.41, 5.74) is 1.39. The van der Waals surface area contributed by atoms with Gasteiger partial charge in [0.1, 0.15) is 5.69 Å². The first-order valence-electron chi connectivity index (χ1n) is 7.12. The quantitative estimate of drug-likeness (QED) is 0.838. The van der Waals surface area contributed by atoms with Gasteiger partial charge in [-0.15, -0.1) is 0 Å². The summed E-state index contributed by atoms with van der Waals surface area (Å²) in [6.45, 7) is 4.04. The largest absolute Gasteiger partial charge is 0.321 e. The highest BCUT2D eigenvalue weighted by atomic mass is 32.2. The molecule has 2 rings (SSSR count). The summed E-state index contributed by atoms with van der Waals surface area (Å²) in [5.74, 6) is -0.405. The maximum Gasteiger partial charge on any atom is 0.275 e. The minimum Gasteiger partial charge on any atom is -0.321 e. The molecule has 1 amide bonds. The second-order valence-corrected chi connectivity index (χ2v) is 6.69. The lowest BCUT2D eigenvalue weighted by molar-refractivity contribution is 0.102. The van der Waals surface area contributed by atoms with Crippen molar-refractivity contribution >= 4 is 21.6 Å². The third kappa shape index (κ3) is 4.57. The molecule has 1 heterocycles. The smallest absolute Gasteiger partial charge is 0.275 e. The van der Waals surface area contributed by atoms with E-state index >= 15 is 0 Å². The van der Waals surface area contributed by atoms with Crippen molar-refractivity contribution in [3.63, 3.8) is 0 Å². The molecule has 2 aromatic rings. The van der Waals surface area contributed by atoms with Gasteiger partial charge in [0, 0.05) is 18.4 Å². The average Bonchev–Trinajstić information content (AvgIpc) is 2.54. The number of amides is 1. The molecule has 0 unspecified atom stereocenters. The van der Waals surface area contributed by atoms with Gasteiger partial charge in [-0.1, -0.05) is 6.92 Å². The van der Waals surface area contributed by atoms with E-state index in [1.807, 2.05) is 6.92 Å². The number of sulfonamides is 1. The summed E-state index contributed by atoms with van der Waals surface area (Å²) in [4.78, 5) is 20.1. The van der Waals surface area contributed by atoms with E-state index < -0.39 is 15.9 Å². The average molecular weight is 334 g/mol. The van der Waals surface area contributed by atoms with Gasteiger partial charge in [-0.3, -0.25) is 9.78 Å². The van der Waals surface area contributed by atoms with Crippen LogP contribution in [0.15, 0.2) is 41.6 Å². The van der Waals surface area contributed by atoms with Crippen LogP contribution in [-0.2, 0) is 10.0 Å². The number of aromatic nitrogens is 2. The van der Waals surface area contributed by atoms with Crippen LogP contribution in [0, 0.1) is 6.92 Å². The van der Waals surface area contributed by atoms with Gasteiger partial charge in [-0.25, -0.2) is 18.1 Å². The zero-order valence-corrected chi connectivity index (χ0v) is 13.7. The van der Waals surface area contributed by atoms with Crippen LogP contribution < -0.4 is 10.0 Å². The first-order chi connectivity index (χ1) is 10.9. The lowest BCUT2D eigenvalue weighted by atomic mass is 10.3. The van der Waals surface area contributed by atoms with Gasteiger partial charge in [0.15, 0.2) is 0 Å². The molecule has 0 spiro atoms. The maximum atomic E-state index is 12.0. The topological polar surface area (TPSA) is 101 Å². The van der Waals surface area contributed by atoms with Crippen molar-refractivity contribution in [3.8, 4) is 0 Å².